The van der Waals surface area contributed by atoms with Crippen molar-refractivity contribution in [3.63, 3.8) is 0 Å². The zero-order valence-electron chi connectivity index (χ0n) is 14.1. The van der Waals surface area contributed by atoms with E-state index in [-0.39, 0.29) is 21.9 Å². The second kappa shape index (κ2) is 8.23. The number of amides is 2. The number of hydrogen-bond acceptors (Lipinski definition) is 3. The Morgan fingerprint density at radius 2 is 1.64 bits per heavy atom. The van der Waals surface area contributed by atoms with Gasteiger partial charge in [0.25, 0.3) is 11.8 Å². The maximum atomic E-state index is 12.6. The highest BCUT2D eigenvalue weighted by atomic mass is 35.5. The molecule has 2 rings (SSSR count). The third kappa shape index (κ3) is 4.44. The molecule has 2 aromatic carbocycles. The van der Waals surface area contributed by atoms with E-state index in [2.05, 4.69) is 5.32 Å². The summed E-state index contributed by atoms with van der Waals surface area (Å²) in [5.74, 6) is -0.0346. The van der Waals surface area contributed by atoms with Crippen LogP contribution >= 0.6 is 23.2 Å². The van der Waals surface area contributed by atoms with Gasteiger partial charge >= 0.3 is 0 Å². The first-order chi connectivity index (χ1) is 11.9. The molecule has 0 aliphatic heterocycles. The van der Waals surface area contributed by atoms with Gasteiger partial charge in [-0.3, -0.25) is 9.59 Å². The van der Waals surface area contributed by atoms with Crippen molar-refractivity contribution in [2.45, 2.75) is 6.54 Å². The number of carbonyl (C=O) groups excluding carboxylic acids is 2. The van der Waals surface area contributed by atoms with Crippen molar-refractivity contribution in [1.29, 1.82) is 0 Å². The molecule has 5 nitrogen and oxygen atoms in total. The lowest BCUT2D eigenvalue weighted by Crippen LogP contribution is -2.26. The lowest BCUT2D eigenvalue weighted by molar-refractivity contribution is 0.0784. The van der Waals surface area contributed by atoms with Gasteiger partial charge in [-0.2, -0.15) is 0 Å². The predicted octanol–water partition coefficient (Wildman–Crippen LogP) is 3.63. The first-order valence-electron chi connectivity index (χ1n) is 7.47. The van der Waals surface area contributed by atoms with Crippen LogP contribution in [0.4, 0.5) is 0 Å². The number of ether oxygens (including phenoxy) is 1. The summed E-state index contributed by atoms with van der Waals surface area (Å²) in [5, 5.41) is 3.12. The highest BCUT2D eigenvalue weighted by Crippen LogP contribution is 2.34. The van der Waals surface area contributed by atoms with Gasteiger partial charge in [-0.15, -0.1) is 0 Å². The summed E-state index contributed by atoms with van der Waals surface area (Å²) in [5.41, 5.74) is 1.84. The van der Waals surface area contributed by atoms with E-state index in [9.17, 15) is 9.59 Å². The summed E-state index contributed by atoms with van der Waals surface area (Å²) in [7, 11) is 4.72. The van der Waals surface area contributed by atoms with Crippen molar-refractivity contribution < 1.29 is 14.3 Å². The second-order valence-electron chi connectivity index (χ2n) is 5.41. The molecule has 0 radical (unpaired) electrons. The van der Waals surface area contributed by atoms with Gasteiger partial charge in [0, 0.05) is 31.8 Å². The van der Waals surface area contributed by atoms with E-state index in [0.29, 0.717) is 23.4 Å². The van der Waals surface area contributed by atoms with Crippen molar-refractivity contribution in [2.75, 3.05) is 21.2 Å². The van der Waals surface area contributed by atoms with Gasteiger partial charge in [0.1, 0.15) is 0 Å². The first-order valence-corrected chi connectivity index (χ1v) is 8.22. The Labute approximate surface area is 156 Å². The Hall–Kier alpha value is -2.24. The minimum Gasteiger partial charge on any atom is -0.494 e. The van der Waals surface area contributed by atoms with E-state index in [1.54, 1.807) is 31.1 Å². The van der Waals surface area contributed by atoms with E-state index in [1.807, 2.05) is 12.1 Å². The molecule has 0 spiro atoms. The molecule has 0 aromatic heterocycles. The van der Waals surface area contributed by atoms with Gasteiger partial charge in [0.05, 0.1) is 17.2 Å². The molecule has 0 bridgehead atoms. The van der Waals surface area contributed by atoms with Crippen molar-refractivity contribution in [3.05, 3.63) is 63.1 Å². The standard InChI is InChI=1S/C18H18Cl2N2O3/c1-21-17(23)12-6-4-11(5-7-12)10-22(2)18(24)13-8-14(19)16(25-3)15(20)9-13/h4-9H,10H2,1-3H3,(H,21,23). The van der Waals surface area contributed by atoms with Crippen LogP contribution in [0.25, 0.3) is 0 Å². The van der Waals surface area contributed by atoms with Gasteiger partial charge < -0.3 is 15.0 Å². The Bertz CT molecular complexity index is 768. The van der Waals surface area contributed by atoms with E-state index in [4.69, 9.17) is 27.9 Å². The van der Waals surface area contributed by atoms with E-state index >= 15 is 0 Å². The van der Waals surface area contributed by atoms with E-state index in [0.717, 1.165) is 5.56 Å². The molecule has 1 N–H and O–H groups in total. The zero-order valence-corrected chi connectivity index (χ0v) is 15.6. The number of nitrogens with zero attached hydrogens (tertiary/aromatic N) is 1. The summed E-state index contributed by atoms with van der Waals surface area (Å²) in [6, 6.07) is 10.1. The van der Waals surface area contributed by atoms with Gasteiger partial charge in [-0.05, 0) is 29.8 Å². The molecule has 0 aliphatic rings. The van der Waals surface area contributed by atoms with Crippen LogP contribution in [-0.2, 0) is 6.54 Å². The van der Waals surface area contributed by atoms with Crippen LogP contribution in [0.1, 0.15) is 26.3 Å². The zero-order chi connectivity index (χ0) is 18.6. The van der Waals surface area contributed by atoms with Crippen molar-refractivity contribution in [3.8, 4) is 5.75 Å². The summed E-state index contributed by atoms with van der Waals surface area (Å²) < 4.78 is 5.08. The highest BCUT2D eigenvalue weighted by Gasteiger charge is 2.17. The van der Waals surface area contributed by atoms with Gasteiger partial charge in [-0.1, -0.05) is 35.3 Å². The number of benzene rings is 2. The fourth-order valence-electron chi connectivity index (χ4n) is 2.35. The molecule has 0 aliphatic carbocycles. The first kappa shape index (κ1) is 19.1. The molecule has 0 fully saturated rings. The number of nitrogens with one attached hydrogen (secondary N) is 1. The minimum atomic E-state index is -0.221. The molecule has 2 amide bonds. The molecular formula is C18H18Cl2N2O3. The Kier molecular flexibility index (Phi) is 6.28. The van der Waals surface area contributed by atoms with Crippen LogP contribution < -0.4 is 10.1 Å². The fourth-order valence-corrected chi connectivity index (χ4v) is 2.99. The Balaban J connectivity index is 2.14. The third-order valence-corrected chi connectivity index (χ3v) is 4.22. The quantitative estimate of drug-likeness (QED) is 0.861. The highest BCUT2D eigenvalue weighted by molar-refractivity contribution is 6.37. The van der Waals surface area contributed by atoms with Crippen molar-refractivity contribution in [1.82, 2.24) is 10.2 Å². The minimum absolute atomic E-state index is 0.154. The van der Waals surface area contributed by atoms with Crippen LogP contribution in [0.3, 0.4) is 0 Å². The molecule has 7 heteroatoms. The number of halogens is 2. The molecule has 2 aromatic rings. The lowest BCUT2D eigenvalue weighted by Gasteiger charge is -2.18. The second-order valence-corrected chi connectivity index (χ2v) is 6.22. The van der Waals surface area contributed by atoms with Crippen LogP contribution in [0.15, 0.2) is 36.4 Å². The van der Waals surface area contributed by atoms with Gasteiger partial charge in [0.15, 0.2) is 5.75 Å². The lowest BCUT2D eigenvalue weighted by atomic mass is 10.1. The van der Waals surface area contributed by atoms with Gasteiger partial charge in [-0.25, -0.2) is 0 Å². The monoisotopic (exact) mass is 380 g/mol. The SMILES string of the molecule is CNC(=O)c1ccc(CN(C)C(=O)c2cc(Cl)c(OC)c(Cl)c2)cc1. The number of methoxy groups -OCH3 is 1. The fraction of sp³-hybridized carbons (Fsp3) is 0.222. The van der Waals surface area contributed by atoms with Gasteiger partial charge in [0.2, 0.25) is 0 Å². The molecule has 132 valence electrons. The number of carbonyl (C=O) groups is 2. The number of hydrogen-bond donors (Lipinski definition) is 1. The molecular weight excluding hydrogens is 363 g/mol. The topological polar surface area (TPSA) is 58.6 Å². The summed E-state index contributed by atoms with van der Waals surface area (Å²) >= 11 is 12.2. The van der Waals surface area contributed by atoms with E-state index < -0.39 is 0 Å². The summed E-state index contributed by atoms with van der Waals surface area (Å²) in [6.07, 6.45) is 0. The Morgan fingerprint density at radius 3 is 2.12 bits per heavy atom. The maximum absolute atomic E-state index is 12.6. The molecule has 0 saturated heterocycles. The predicted molar refractivity (Wildman–Crippen MR) is 98.6 cm³/mol. The largest absolute Gasteiger partial charge is 0.494 e. The van der Waals surface area contributed by atoms with Crippen molar-refractivity contribution in [2.24, 2.45) is 0 Å². The van der Waals surface area contributed by atoms with Crippen molar-refractivity contribution >= 4 is 35.0 Å². The Morgan fingerprint density at radius 1 is 1.08 bits per heavy atom. The van der Waals surface area contributed by atoms with E-state index in [1.165, 1.54) is 19.2 Å². The number of rotatable bonds is 5. The molecule has 0 unspecified atom stereocenters. The normalized spacial score (nSPS) is 10.3. The molecule has 25 heavy (non-hydrogen) atoms. The van der Waals surface area contributed by atoms with Crippen LogP contribution in [0, 0.1) is 0 Å². The van der Waals surface area contributed by atoms with Crippen LogP contribution in [0.2, 0.25) is 10.0 Å². The smallest absolute Gasteiger partial charge is 0.254 e. The third-order valence-electron chi connectivity index (χ3n) is 3.66. The van der Waals surface area contributed by atoms with Crippen LogP contribution in [0.5, 0.6) is 5.75 Å². The average Bonchev–Trinajstić information content (AvgIpc) is 2.60. The molecule has 0 atom stereocenters. The molecule has 0 saturated carbocycles. The van der Waals surface area contributed by atoms with Crippen LogP contribution in [-0.4, -0.2) is 37.9 Å². The summed E-state index contributed by atoms with van der Waals surface area (Å²) in [4.78, 5) is 25.7. The maximum Gasteiger partial charge on any atom is 0.254 e. The average molecular weight is 381 g/mol. The molecule has 0 heterocycles. The summed E-state index contributed by atoms with van der Waals surface area (Å²) in [6.45, 7) is 0.383.